The maximum absolute atomic E-state index is 11.2. The van der Waals surface area contributed by atoms with Crippen molar-refractivity contribution in [3.8, 4) is 0 Å². The summed E-state index contributed by atoms with van der Waals surface area (Å²) in [5.41, 5.74) is 7.88. The molecule has 1 heterocycles. The number of anilines is 1. The van der Waals surface area contributed by atoms with Crippen LogP contribution in [0.4, 0.5) is 5.82 Å². The molecule has 0 atom stereocenters. The smallest absolute Gasteiger partial charge is 0.267 e. The highest BCUT2D eigenvalue weighted by Gasteiger charge is 2.14. The summed E-state index contributed by atoms with van der Waals surface area (Å²) in [6.07, 6.45) is 1.34. The molecular formula is C19H18N4O. The molecule has 3 rings (SSSR count). The number of benzene rings is 2. The Morgan fingerprint density at radius 3 is 2.08 bits per heavy atom. The lowest BCUT2D eigenvalue weighted by molar-refractivity contribution is 0.0995. The second kappa shape index (κ2) is 7.37. The van der Waals surface area contributed by atoms with Crippen molar-refractivity contribution >= 4 is 11.7 Å². The van der Waals surface area contributed by atoms with E-state index in [4.69, 9.17) is 5.73 Å². The Morgan fingerprint density at radius 1 is 0.958 bits per heavy atom. The van der Waals surface area contributed by atoms with Crippen molar-refractivity contribution in [1.29, 1.82) is 0 Å². The average Bonchev–Trinajstić information content (AvgIpc) is 2.64. The number of nitrogens with zero attached hydrogens (tertiary/aromatic N) is 2. The number of hydrogen-bond donors (Lipinski definition) is 2. The molecule has 0 radical (unpaired) electrons. The molecule has 1 aromatic heterocycles. The van der Waals surface area contributed by atoms with Gasteiger partial charge in [-0.3, -0.25) is 4.79 Å². The van der Waals surface area contributed by atoms with Gasteiger partial charge in [0, 0.05) is 18.5 Å². The van der Waals surface area contributed by atoms with Gasteiger partial charge in [0.25, 0.3) is 5.91 Å². The van der Waals surface area contributed by atoms with Crippen molar-refractivity contribution in [3.05, 3.63) is 89.9 Å². The Bertz CT molecular complexity index is 766. The van der Waals surface area contributed by atoms with Crippen LogP contribution < -0.4 is 11.1 Å². The molecule has 24 heavy (non-hydrogen) atoms. The van der Waals surface area contributed by atoms with Crippen molar-refractivity contribution in [3.63, 3.8) is 0 Å². The Labute approximate surface area is 140 Å². The van der Waals surface area contributed by atoms with Crippen LogP contribution in [0.3, 0.4) is 0 Å². The Kier molecular flexibility index (Phi) is 4.81. The monoisotopic (exact) mass is 318 g/mol. The van der Waals surface area contributed by atoms with Gasteiger partial charge in [-0.25, -0.2) is 9.97 Å². The van der Waals surface area contributed by atoms with E-state index in [-0.39, 0.29) is 11.6 Å². The number of carbonyl (C=O) groups is 1. The highest BCUT2D eigenvalue weighted by molar-refractivity contribution is 5.91. The van der Waals surface area contributed by atoms with E-state index in [1.54, 1.807) is 6.07 Å². The maximum Gasteiger partial charge on any atom is 0.267 e. The third-order valence-corrected chi connectivity index (χ3v) is 3.81. The van der Waals surface area contributed by atoms with Gasteiger partial charge in [0.05, 0.1) is 0 Å². The Hall–Kier alpha value is -3.21. The second-order valence-electron chi connectivity index (χ2n) is 5.41. The predicted molar refractivity (Wildman–Crippen MR) is 93.8 cm³/mol. The van der Waals surface area contributed by atoms with Crippen molar-refractivity contribution in [1.82, 2.24) is 9.97 Å². The van der Waals surface area contributed by atoms with Crippen LogP contribution in [0.25, 0.3) is 0 Å². The first kappa shape index (κ1) is 15.7. The normalized spacial score (nSPS) is 10.5. The van der Waals surface area contributed by atoms with Crippen LogP contribution >= 0.6 is 0 Å². The first-order valence-corrected chi connectivity index (χ1v) is 7.69. The molecular weight excluding hydrogens is 300 g/mol. The van der Waals surface area contributed by atoms with Gasteiger partial charge in [0.2, 0.25) is 0 Å². The van der Waals surface area contributed by atoms with Gasteiger partial charge in [0.15, 0.2) is 0 Å². The fraction of sp³-hybridized carbons (Fsp3) is 0.105. The van der Waals surface area contributed by atoms with Gasteiger partial charge in [-0.15, -0.1) is 0 Å². The van der Waals surface area contributed by atoms with E-state index >= 15 is 0 Å². The molecule has 0 spiro atoms. The van der Waals surface area contributed by atoms with Gasteiger partial charge < -0.3 is 11.1 Å². The van der Waals surface area contributed by atoms with E-state index in [1.807, 2.05) is 36.4 Å². The molecule has 0 aliphatic heterocycles. The molecule has 0 aliphatic rings. The molecule has 3 aromatic rings. The van der Waals surface area contributed by atoms with Crippen molar-refractivity contribution in [2.24, 2.45) is 5.73 Å². The third-order valence-electron chi connectivity index (χ3n) is 3.81. The number of nitrogens with two attached hydrogens (primary N) is 1. The lowest BCUT2D eigenvalue weighted by atomic mass is 9.91. The van der Waals surface area contributed by atoms with Gasteiger partial charge in [0.1, 0.15) is 17.8 Å². The summed E-state index contributed by atoms with van der Waals surface area (Å²) < 4.78 is 0. The van der Waals surface area contributed by atoms with E-state index in [0.29, 0.717) is 12.4 Å². The summed E-state index contributed by atoms with van der Waals surface area (Å²) in [5, 5.41) is 3.28. The van der Waals surface area contributed by atoms with Crippen LogP contribution in [0.15, 0.2) is 73.1 Å². The first-order chi connectivity index (χ1) is 11.7. The fourth-order valence-corrected chi connectivity index (χ4v) is 2.59. The SMILES string of the molecule is NC(=O)c1cc(NCC(c2ccccc2)c2ccccc2)ncn1. The maximum atomic E-state index is 11.2. The van der Waals surface area contributed by atoms with Gasteiger partial charge in [-0.05, 0) is 11.1 Å². The molecule has 1 amide bonds. The molecule has 0 unspecified atom stereocenters. The summed E-state index contributed by atoms with van der Waals surface area (Å²) in [4.78, 5) is 19.2. The second-order valence-corrected chi connectivity index (χ2v) is 5.41. The number of carbonyl (C=O) groups excluding carboxylic acids is 1. The minimum absolute atomic E-state index is 0.166. The minimum atomic E-state index is -0.567. The van der Waals surface area contributed by atoms with Gasteiger partial charge >= 0.3 is 0 Å². The van der Waals surface area contributed by atoms with Gasteiger partial charge in [-0.1, -0.05) is 60.7 Å². The van der Waals surface area contributed by atoms with E-state index in [9.17, 15) is 4.79 Å². The third kappa shape index (κ3) is 3.76. The van der Waals surface area contributed by atoms with Crippen LogP contribution in [0.5, 0.6) is 0 Å². The lowest BCUT2D eigenvalue weighted by Crippen LogP contribution is -2.17. The zero-order valence-electron chi connectivity index (χ0n) is 13.1. The molecule has 3 N–H and O–H groups in total. The summed E-state index contributed by atoms with van der Waals surface area (Å²) in [6, 6.07) is 22.1. The van der Waals surface area contributed by atoms with E-state index in [2.05, 4.69) is 39.6 Å². The Balaban J connectivity index is 1.83. The number of nitrogens with one attached hydrogen (secondary N) is 1. The highest BCUT2D eigenvalue weighted by atomic mass is 16.1. The summed E-state index contributed by atoms with van der Waals surface area (Å²) in [5.74, 6) is 0.179. The van der Waals surface area contributed by atoms with Gasteiger partial charge in [-0.2, -0.15) is 0 Å². The zero-order chi connectivity index (χ0) is 16.8. The Morgan fingerprint density at radius 2 is 1.54 bits per heavy atom. The number of rotatable bonds is 6. The van der Waals surface area contributed by atoms with Crippen molar-refractivity contribution in [2.45, 2.75) is 5.92 Å². The minimum Gasteiger partial charge on any atom is -0.369 e. The number of primary amides is 1. The molecule has 0 fully saturated rings. The standard InChI is InChI=1S/C19H18N4O/c20-19(24)17-11-18(23-13-22-17)21-12-16(14-7-3-1-4-8-14)15-9-5-2-6-10-15/h1-11,13,16H,12H2,(H2,20,24)(H,21,22,23). The van der Waals surface area contributed by atoms with E-state index < -0.39 is 5.91 Å². The summed E-state index contributed by atoms with van der Waals surface area (Å²) in [7, 11) is 0. The molecule has 2 aromatic carbocycles. The number of amides is 1. The molecule has 0 bridgehead atoms. The fourth-order valence-electron chi connectivity index (χ4n) is 2.59. The van der Waals surface area contributed by atoms with E-state index in [0.717, 1.165) is 0 Å². The summed E-state index contributed by atoms with van der Waals surface area (Å²) >= 11 is 0. The molecule has 120 valence electrons. The lowest BCUT2D eigenvalue weighted by Gasteiger charge is -2.19. The number of hydrogen-bond acceptors (Lipinski definition) is 4. The molecule has 5 heteroatoms. The molecule has 0 aliphatic carbocycles. The predicted octanol–water partition coefficient (Wildman–Crippen LogP) is 2.82. The van der Waals surface area contributed by atoms with Crippen LogP contribution in [0.1, 0.15) is 27.5 Å². The zero-order valence-corrected chi connectivity index (χ0v) is 13.1. The first-order valence-electron chi connectivity index (χ1n) is 7.69. The number of aromatic nitrogens is 2. The average molecular weight is 318 g/mol. The van der Waals surface area contributed by atoms with Crippen molar-refractivity contribution in [2.75, 3.05) is 11.9 Å². The van der Waals surface area contributed by atoms with Crippen LogP contribution in [0, 0.1) is 0 Å². The largest absolute Gasteiger partial charge is 0.369 e. The van der Waals surface area contributed by atoms with Crippen LogP contribution in [0.2, 0.25) is 0 Å². The van der Waals surface area contributed by atoms with Crippen molar-refractivity contribution < 1.29 is 4.79 Å². The topological polar surface area (TPSA) is 80.9 Å². The quantitative estimate of drug-likeness (QED) is 0.732. The van der Waals surface area contributed by atoms with E-state index in [1.165, 1.54) is 17.5 Å². The van der Waals surface area contributed by atoms with Crippen LogP contribution in [-0.4, -0.2) is 22.4 Å². The molecule has 5 nitrogen and oxygen atoms in total. The summed E-state index contributed by atoms with van der Waals surface area (Å²) in [6.45, 7) is 0.642. The molecule has 0 saturated heterocycles. The molecule has 0 saturated carbocycles. The van der Waals surface area contributed by atoms with Crippen LogP contribution in [-0.2, 0) is 0 Å². The highest BCUT2D eigenvalue weighted by Crippen LogP contribution is 2.24.